The Morgan fingerprint density at radius 3 is 2.50 bits per heavy atom. The number of amides is 2. The van der Waals surface area contributed by atoms with Crippen molar-refractivity contribution >= 4 is 41.2 Å². The van der Waals surface area contributed by atoms with Crippen molar-refractivity contribution in [3.8, 4) is 11.5 Å². The molecule has 9 nitrogen and oxygen atoms in total. The van der Waals surface area contributed by atoms with Gasteiger partial charge in [-0.05, 0) is 30.3 Å². The van der Waals surface area contributed by atoms with Crippen LogP contribution in [-0.4, -0.2) is 41.2 Å². The van der Waals surface area contributed by atoms with Gasteiger partial charge in [-0.15, -0.1) is 0 Å². The number of rotatable bonds is 3. The second-order valence-corrected chi connectivity index (χ2v) is 8.64. The van der Waals surface area contributed by atoms with Crippen molar-refractivity contribution in [3.05, 3.63) is 64.2 Å². The summed E-state index contributed by atoms with van der Waals surface area (Å²) in [6.45, 7) is 0. The molecule has 0 saturated carbocycles. The zero-order valence-corrected chi connectivity index (χ0v) is 17.4. The van der Waals surface area contributed by atoms with Crippen LogP contribution in [0.2, 0.25) is 0 Å². The lowest BCUT2D eigenvalue weighted by atomic mass is 9.77. The van der Waals surface area contributed by atoms with E-state index in [-0.39, 0.29) is 27.6 Å². The Balaban J connectivity index is 1.62. The molecule has 2 aromatic rings. The van der Waals surface area contributed by atoms with Crippen LogP contribution in [0.25, 0.3) is 0 Å². The first kappa shape index (κ1) is 20.1. The number of benzene rings is 2. The van der Waals surface area contributed by atoms with Crippen LogP contribution in [0.1, 0.15) is 21.8 Å². The number of para-hydroxylation sites is 1. The van der Waals surface area contributed by atoms with Crippen molar-refractivity contribution in [3.63, 3.8) is 0 Å². The zero-order chi connectivity index (χ0) is 22.7. The van der Waals surface area contributed by atoms with Crippen molar-refractivity contribution in [1.29, 1.82) is 0 Å². The van der Waals surface area contributed by atoms with Crippen molar-refractivity contribution in [2.45, 2.75) is 11.2 Å². The number of esters is 1. The number of thioether (sulfide) groups is 1. The third-order valence-corrected chi connectivity index (χ3v) is 7.06. The standard InChI is InChI=1S/C22H16N2O7S/c1-30-12-4-2-3-11-13-14-17(32-18(23)15(13)22(29)31-16(11)12)20(26)24(19(14)25)10-7-5-9(6-8-10)21(27)28/h2-8,13-14,17H,23H2,1H3,(H,27,28)/t13-,14+,17-/m1/s1. The number of nitrogens with zero attached hydrogens (tertiary/aromatic N) is 1. The Kier molecular flexibility index (Phi) is 4.48. The highest BCUT2D eigenvalue weighted by Gasteiger charge is 2.58. The fourth-order valence-electron chi connectivity index (χ4n) is 4.42. The molecule has 3 aliphatic rings. The van der Waals surface area contributed by atoms with Crippen molar-refractivity contribution in [2.24, 2.45) is 11.7 Å². The van der Waals surface area contributed by atoms with Crippen LogP contribution in [0.4, 0.5) is 5.69 Å². The van der Waals surface area contributed by atoms with Crippen molar-refractivity contribution in [2.75, 3.05) is 12.0 Å². The summed E-state index contributed by atoms with van der Waals surface area (Å²) in [7, 11) is 1.44. The molecular weight excluding hydrogens is 436 g/mol. The Bertz CT molecular complexity index is 1240. The average Bonchev–Trinajstić information content (AvgIpc) is 3.02. The van der Waals surface area contributed by atoms with Gasteiger partial charge < -0.3 is 20.3 Å². The molecule has 0 spiro atoms. The molecule has 0 aliphatic carbocycles. The number of carboxylic acid groups (broad SMARTS) is 1. The summed E-state index contributed by atoms with van der Waals surface area (Å²) in [6, 6.07) is 10.5. The van der Waals surface area contributed by atoms with Crippen LogP contribution in [0, 0.1) is 5.92 Å². The van der Waals surface area contributed by atoms with Crippen LogP contribution in [-0.2, 0) is 14.4 Å². The second kappa shape index (κ2) is 7.13. The number of nitrogens with two attached hydrogens (primary N) is 1. The monoisotopic (exact) mass is 452 g/mol. The first-order valence-corrected chi connectivity index (χ1v) is 10.5. The molecule has 0 bridgehead atoms. The van der Waals surface area contributed by atoms with Gasteiger partial charge in [0.1, 0.15) is 5.25 Å². The SMILES string of the molecule is COc1cccc2c1OC(=O)C1=C(N)S[C@H]3C(=O)N(c4ccc(C(=O)O)cc4)C(=O)[C@H]3[C@H]12. The quantitative estimate of drug-likeness (QED) is 0.406. The maximum absolute atomic E-state index is 13.5. The summed E-state index contributed by atoms with van der Waals surface area (Å²) >= 11 is 0.968. The Morgan fingerprint density at radius 2 is 1.84 bits per heavy atom. The van der Waals surface area contributed by atoms with E-state index in [1.807, 2.05) is 0 Å². The molecule has 32 heavy (non-hydrogen) atoms. The normalized spacial score (nSPS) is 24.0. The van der Waals surface area contributed by atoms with Gasteiger partial charge in [-0.25, -0.2) is 14.5 Å². The first-order valence-electron chi connectivity index (χ1n) is 9.60. The minimum Gasteiger partial charge on any atom is -0.493 e. The summed E-state index contributed by atoms with van der Waals surface area (Å²) in [5.74, 6) is -3.88. The molecule has 162 valence electrons. The summed E-state index contributed by atoms with van der Waals surface area (Å²) in [5.41, 5.74) is 7.15. The van der Waals surface area contributed by atoms with E-state index in [9.17, 15) is 19.2 Å². The molecule has 3 atom stereocenters. The van der Waals surface area contributed by atoms with Crippen LogP contribution in [0.3, 0.4) is 0 Å². The number of anilines is 1. The Labute approximate surface area is 185 Å². The molecule has 3 N–H and O–H groups in total. The van der Waals surface area contributed by atoms with E-state index in [1.165, 1.54) is 31.4 Å². The summed E-state index contributed by atoms with van der Waals surface area (Å²) in [5, 5.41) is 8.41. The predicted molar refractivity (Wildman–Crippen MR) is 113 cm³/mol. The second-order valence-electron chi connectivity index (χ2n) is 7.45. The fraction of sp³-hybridized carbons (Fsp3) is 0.182. The van der Waals surface area contributed by atoms with E-state index >= 15 is 0 Å². The van der Waals surface area contributed by atoms with Crippen LogP contribution < -0.4 is 20.1 Å². The maximum atomic E-state index is 13.5. The highest BCUT2D eigenvalue weighted by molar-refractivity contribution is 8.04. The first-order chi connectivity index (χ1) is 15.3. The van der Waals surface area contributed by atoms with Gasteiger partial charge in [-0.3, -0.25) is 9.59 Å². The Hall–Kier alpha value is -3.79. The molecule has 10 heteroatoms. The Morgan fingerprint density at radius 1 is 1.12 bits per heavy atom. The number of fused-ring (bicyclic) bond motifs is 5. The molecule has 5 rings (SSSR count). The molecule has 2 aromatic carbocycles. The number of imide groups is 1. The minimum atomic E-state index is -1.12. The van der Waals surface area contributed by atoms with Gasteiger partial charge >= 0.3 is 11.9 Å². The van der Waals surface area contributed by atoms with Gasteiger partial charge in [0, 0.05) is 11.5 Å². The number of aromatic carboxylic acids is 1. The molecule has 0 aromatic heterocycles. The third-order valence-electron chi connectivity index (χ3n) is 5.84. The number of ether oxygens (including phenoxy) is 2. The number of methoxy groups -OCH3 is 1. The summed E-state index contributed by atoms with van der Waals surface area (Å²) < 4.78 is 10.8. The number of carboxylic acids is 1. The number of hydrogen-bond acceptors (Lipinski definition) is 8. The number of hydrogen-bond donors (Lipinski definition) is 2. The van der Waals surface area contributed by atoms with E-state index in [2.05, 4.69) is 0 Å². The van der Waals surface area contributed by atoms with Gasteiger partial charge in [0.25, 0.3) is 0 Å². The van der Waals surface area contributed by atoms with Crippen LogP contribution in [0.15, 0.2) is 53.1 Å². The lowest BCUT2D eigenvalue weighted by Gasteiger charge is -2.36. The van der Waals surface area contributed by atoms with Gasteiger partial charge in [0.15, 0.2) is 11.5 Å². The molecule has 3 aliphatic heterocycles. The maximum Gasteiger partial charge on any atom is 0.342 e. The van der Waals surface area contributed by atoms with Crippen molar-refractivity contribution in [1.82, 2.24) is 0 Å². The molecule has 3 heterocycles. The topological polar surface area (TPSA) is 136 Å². The van der Waals surface area contributed by atoms with Gasteiger partial charge in [0.05, 0.1) is 34.9 Å². The highest BCUT2D eigenvalue weighted by atomic mass is 32.2. The molecular formula is C22H16N2O7S. The van der Waals surface area contributed by atoms with E-state index in [0.717, 1.165) is 16.7 Å². The average molecular weight is 452 g/mol. The molecule has 1 saturated heterocycles. The van der Waals surface area contributed by atoms with E-state index < -0.39 is 40.8 Å². The lowest BCUT2D eigenvalue weighted by molar-refractivity contribution is -0.132. The summed E-state index contributed by atoms with van der Waals surface area (Å²) in [6.07, 6.45) is 0. The zero-order valence-electron chi connectivity index (χ0n) is 16.6. The smallest absolute Gasteiger partial charge is 0.342 e. The minimum absolute atomic E-state index is 0.0314. The van der Waals surface area contributed by atoms with Gasteiger partial charge in [-0.2, -0.15) is 0 Å². The largest absolute Gasteiger partial charge is 0.493 e. The fourth-order valence-corrected chi connectivity index (χ4v) is 5.66. The van der Waals surface area contributed by atoms with Crippen LogP contribution >= 0.6 is 11.8 Å². The van der Waals surface area contributed by atoms with Gasteiger partial charge in [0.2, 0.25) is 11.8 Å². The van der Waals surface area contributed by atoms with Crippen LogP contribution in [0.5, 0.6) is 11.5 Å². The number of carbonyl (C=O) groups excluding carboxylic acids is 3. The highest BCUT2D eigenvalue weighted by Crippen LogP contribution is 2.55. The molecule has 0 unspecified atom stereocenters. The van der Waals surface area contributed by atoms with Crippen molar-refractivity contribution < 1.29 is 33.8 Å². The summed E-state index contributed by atoms with van der Waals surface area (Å²) in [4.78, 5) is 51.8. The number of carbonyl (C=O) groups is 4. The molecule has 2 amide bonds. The lowest BCUT2D eigenvalue weighted by Crippen LogP contribution is -2.39. The van der Waals surface area contributed by atoms with Gasteiger partial charge in [-0.1, -0.05) is 23.9 Å². The molecule has 0 radical (unpaired) electrons. The predicted octanol–water partition coefficient (Wildman–Crippen LogP) is 1.87. The third kappa shape index (κ3) is 2.72. The molecule has 1 fully saturated rings. The van der Waals surface area contributed by atoms with E-state index in [4.69, 9.17) is 20.3 Å². The van der Waals surface area contributed by atoms with E-state index in [1.54, 1.807) is 18.2 Å². The van der Waals surface area contributed by atoms with E-state index in [0.29, 0.717) is 11.3 Å².